The minimum atomic E-state index is 0.655. The Kier molecular flexibility index (Phi) is 4.61. The Hall–Kier alpha value is -1.03. The lowest BCUT2D eigenvalue weighted by molar-refractivity contribution is 0.0698. The molecule has 1 saturated carbocycles. The molecule has 1 aliphatic carbocycles. The second-order valence-electron chi connectivity index (χ2n) is 6.34. The summed E-state index contributed by atoms with van der Waals surface area (Å²) in [4.78, 5) is 4.69. The summed E-state index contributed by atoms with van der Waals surface area (Å²) in [6, 6.07) is 0.655. The van der Waals surface area contributed by atoms with Crippen LogP contribution in [0, 0.1) is 12.8 Å². The van der Waals surface area contributed by atoms with Crippen LogP contribution in [-0.2, 0) is 4.74 Å². The van der Waals surface area contributed by atoms with Crippen molar-refractivity contribution in [2.24, 2.45) is 5.92 Å². The Bertz CT molecular complexity index is 417. The first kappa shape index (κ1) is 13.9. The van der Waals surface area contributed by atoms with Crippen molar-refractivity contribution in [1.82, 2.24) is 9.55 Å². The molecule has 2 aliphatic rings. The number of anilines is 1. The number of hydrogen-bond donors (Lipinski definition) is 1. The summed E-state index contributed by atoms with van der Waals surface area (Å²) in [7, 11) is 0. The van der Waals surface area contributed by atoms with Gasteiger partial charge in [-0.1, -0.05) is 19.3 Å². The van der Waals surface area contributed by atoms with Gasteiger partial charge >= 0.3 is 0 Å². The maximum Gasteiger partial charge on any atom is 0.203 e. The van der Waals surface area contributed by atoms with Crippen molar-refractivity contribution in [3.05, 3.63) is 11.9 Å². The van der Waals surface area contributed by atoms with Gasteiger partial charge in [-0.25, -0.2) is 4.98 Å². The largest absolute Gasteiger partial charge is 0.381 e. The number of aryl methyl sites for hydroxylation is 1. The van der Waals surface area contributed by atoms with Crippen LogP contribution in [0.15, 0.2) is 6.20 Å². The van der Waals surface area contributed by atoms with Crippen LogP contribution in [-0.4, -0.2) is 29.3 Å². The summed E-state index contributed by atoms with van der Waals surface area (Å²) < 4.78 is 7.82. The highest BCUT2D eigenvalue weighted by molar-refractivity contribution is 5.29. The second-order valence-corrected chi connectivity index (χ2v) is 6.34. The molecule has 1 N–H and O–H groups in total. The zero-order valence-electron chi connectivity index (χ0n) is 12.6. The molecule has 112 valence electrons. The van der Waals surface area contributed by atoms with E-state index < -0.39 is 0 Å². The van der Waals surface area contributed by atoms with E-state index in [1.807, 2.05) is 0 Å². The standard InChI is InChI=1S/C16H27N3O/c1-13-12-19(15-5-3-2-4-6-15)16(18-13)17-11-14-7-9-20-10-8-14/h12,14-15H,2-11H2,1H3,(H,17,18). The number of nitrogens with one attached hydrogen (secondary N) is 1. The summed E-state index contributed by atoms with van der Waals surface area (Å²) >= 11 is 0. The Morgan fingerprint density at radius 1 is 1.20 bits per heavy atom. The van der Waals surface area contributed by atoms with Crippen molar-refractivity contribution >= 4 is 5.95 Å². The quantitative estimate of drug-likeness (QED) is 0.915. The van der Waals surface area contributed by atoms with E-state index >= 15 is 0 Å². The maximum absolute atomic E-state index is 5.43. The lowest BCUT2D eigenvalue weighted by Crippen LogP contribution is -2.24. The minimum Gasteiger partial charge on any atom is -0.381 e. The minimum absolute atomic E-state index is 0.655. The van der Waals surface area contributed by atoms with Gasteiger partial charge in [0.2, 0.25) is 5.95 Å². The molecule has 1 aliphatic heterocycles. The van der Waals surface area contributed by atoms with Gasteiger partial charge in [0.05, 0.1) is 5.69 Å². The fourth-order valence-corrected chi connectivity index (χ4v) is 3.47. The molecule has 20 heavy (non-hydrogen) atoms. The normalized spacial score (nSPS) is 22.1. The first-order valence-corrected chi connectivity index (χ1v) is 8.20. The van der Waals surface area contributed by atoms with Gasteiger partial charge in [-0.15, -0.1) is 0 Å². The van der Waals surface area contributed by atoms with Gasteiger partial charge in [0.25, 0.3) is 0 Å². The van der Waals surface area contributed by atoms with Crippen LogP contribution in [0.4, 0.5) is 5.95 Å². The predicted octanol–water partition coefficient (Wildman–Crippen LogP) is 3.54. The number of aromatic nitrogens is 2. The van der Waals surface area contributed by atoms with Gasteiger partial charge in [-0.05, 0) is 38.5 Å². The van der Waals surface area contributed by atoms with Gasteiger partial charge in [-0.3, -0.25) is 0 Å². The van der Waals surface area contributed by atoms with Gasteiger partial charge in [-0.2, -0.15) is 0 Å². The molecule has 3 rings (SSSR count). The summed E-state index contributed by atoms with van der Waals surface area (Å²) in [5, 5.41) is 3.60. The van der Waals surface area contributed by atoms with E-state index in [1.54, 1.807) is 0 Å². The van der Waals surface area contributed by atoms with E-state index in [0.717, 1.165) is 37.3 Å². The van der Waals surface area contributed by atoms with Crippen LogP contribution < -0.4 is 5.32 Å². The third kappa shape index (κ3) is 3.35. The molecular formula is C16H27N3O. The van der Waals surface area contributed by atoms with E-state index in [9.17, 15) is 0 Å². The summed E-state index contributed by atoms with van der Waals surface area (Å²) in [5.74, 6) is 1.82. The van der Waals surface area contributed by atoms with E-state index in [2.05, 4.69) is 23.0 Å². The molecule has 2 fully saturated rings. The van der Waals surface area contributed by atoms with Crippen molar-refractivity contribution in [3.63, 3.8) is 0 Å². The topological polar surface area (TPSA) is 39.1 Å². The number of nitrogens with zero attached hydrogens (tertiary/aromatic N) is 2. The Labute approximate surface area is 121 Å². The summed E-state index contributed by atoms with van der Waals surface area (Å²) in [6.07, 6.45) is 11.3. The predicted molar refractivity (Wildman–Crippen MR) is 81.1 cm³/mol. The van der Waals surface area contributed by atoms with Crippen molar-refractivity contribution in [1.29, 1.82) is 0 Å². The molecule has 0 bridgehead atoms. The molecule has 2 heterocycles. The Balaban J connectivity index is 1.62. The van der Waals surface area contributed by atoms with E-state index in [1.165, 1.54) is 44.9 Å². The van der Waals surface area contributed by atoms with E-state index in [4.69, 9.17) is 9.72 Å². The number of hydrogen-bond acceptors (Lipinski definition) is 3. The average Bonchev–Trinajstić information content (AvgIpc) is 2.88. The van der Waals surface area contributed by atoms with Crippen molar-refractivity contribution in [3.8, 4) is 0 Å². The highest BCUT2D eigenvalue weighted by atomic mass is 16.5. The van der Waals surface area contributed by atoms with Crippen LogP contribution in [0.5, 0.6) is 0 Å². The molecule has 0 amide bonds. The highest BCUT2D eigenvalue weighted by Gasteiger charge is 2.20. The number of ether oxygens (including phenoxy) is 1. The number of rotatable bonds is 4. The molecule has 1 aromatic rings. The van der Waals surface area contributed by atoms with Crippen LogP contribution in [0.3, 0.4) is 0 Å². The molecule has 0 atom stereocenters. The molecule has 1 aromatic heterocycles. The smallest absolute Gasteiger partial charge is 0.203 e. The van der Waals surface area contributed by atoms with Crippen LogP contribution >= 0.6 is 0 Å². The van der Waals surface area contributed by atoms with Gasteiger partial charge < -0.3 is 14.6 Å². The molecule has 0 radical (unpaired) electrons. The molecule has 1 saturated heterocycles. The summed E-state index contributed by atoms with van der Waals surface area (Å²) in [5.41, 5.74) is 1.13. The fraction of sp³-hybridized carbons (Fsp3) is 0.812. The zero-order chi connectivity index (χ0) is 13.8. The van der Waals surface area contributed by atoms with Crippen molar-refractivity contribution in [2.45, 2.75) is 57.9 Å². The number of imidazole rings is 1. The fourth-order valence-electron chi connectivity index (χ4n) is 3.47. The SMILES string of the molecule is Cc1cn(C2CCCCC2)c(NCC2CCOCC2)n1. The molecule has 0 aromatic carbocycles. The molecule has 4 heteroatoms. The Morgan fingerprint density at radius 2 is 1.95 bits per heavy atom. The Morgan fingerprint density at radius 3 is 2.70 bits per heavy atom. The molecule has 0 spiro atoms. The second kappa shape index (κ2) is 6.61. The molecular weight excluding hydrogens is 250 g/mol. The van der Waals surface area contributed by atoms with Crippen molar-refractivity contribution in [2.75, 3.05) is 25.1 Å². The van der Waals surface area contributed by atoms with E-state index in [0.29, 0.717) is 6.04 Å². The van der Waals surface area contributed by atoms with Gasteiger partial charge in [0.1, 0.15) is 0 Å². The van der Waals surface area contributed by atoms with E-state index in [-0.39, 0.29) is 0 Å². The zero-order valence-corrected chi connectivity index (χ0v) is 12.6. The van der Waals surface area contributed by atoms with Crippen LogP contribution in [0.1, 0.15) is 56.7 Å². The molecule has 4 nitrogen and oxygen atoms in total. The third-order valence-corrected chi connectivity index (χ3v) is 4.71. The molecule has 0 unspecified atom stereocenters. The summed E-state index contributed by atoms with van der Waals surface area (Å²) in [6.45, 7) is 4.97. The van der Waals surface area contributed by atoms with Gasteiger partial charge in [0.15, 0.2) is 0 Å². The third-order valence-electron chi connectivity index (χ3n) is 4.71. The highest BCUT2D eigenvalue weighted by Crippen LogP contribution is 2.31. The van der Waals surface area contributed by atoms with Crippen LogP contribution in [0.25, 0.3) is 0 Å². The lowest BCUT2D eigenvalue weighted by atomic mass is 9.95. The average molecular weight is 277 g/mol. The van der Waals surface area contributed by atoms with Crippen LogP contribution in [0.2, 0.25) is 0 Å². The lowest BCUT2D eigenvalue weighted by Gasteiger charge is -2.26. The first-order valence-electron chi connectivity index (χ1n) is 8.20. The first-order chi connectivity index (χ1) is 9.83. The van der Waals surface area contributed by atoms with Crippen molar-refractivity contribution < 1.29 is 4.74 Å². The van der Waals surface area contributed by atoms with Gasteiger partial charge in [0, 0.05) is 32.0 Å². The maximum atomic E-state index is 5.43. The monoisotopic (exact) mass is 277 g/mol.